The molecule has 3 nitrogen and oxygen atoms in total. The summed E-state index contributed by atoms with van der Waals surface area (Å²) < 4.78 is 0. The van der Waals surface area contributed by atoms with Crippen LogP contribution in [0.4, 0.5) is 0 Å². The molecule has 0 aliphatic heterocycles. The highest BCUT2D eigenvalue weighted by molar-refractivity contribution is 6.33. The summed E-state index contributed by atoms with van der Waals surface area (Å²) in [6.07, 6.45) is 3.42. The molecule has 0 atom stereocenters. The zero-order chi connectivity index (χ0) is 11.3. The van der Waals surface area contributed by atoms with Gasteiger partial charge in [0.25, 0.3) is 0 Å². The van der Waals surface area contributed by atoms with Gasteiger partial charge in [-0.2, -0.15) is 5.26 Å². The monoisotopic (exact) mass is 221 g/mol. The molecule has 0 amide bonds. The molecule has 0 unspecified atom stereocenters. The molecule has 1 aromatic rings. The van der Waals surface area contributed by atoms with Gasteiger partial charge < -0.3 is 5.11 Å². The molecule has 15 heavy (non-hydrogen) atoms. The zero-order valence-corrected chi connectivity index (χ0v) is 8.53. The Labute approximate surface area is 92.2 Å². The highest BCUT2D eigenvalue weighted by Gasteiger charge is 2.11. The van der Waals surface area contributed by atoms with Crippen molar-refractivity contribution in [1.82, 2.24) is 0 Å². The summed E-state index contributed by atoms with van der Waals surface area (Å²) in [5.41, 5.74) is 0.568. The van der Waals surface area contributed by atoms with Crippen LogP contribution in [0, 0.1) is 11.3 Å². The minimum absolute atomic E-state index is 0.0633. The summed E-state index contributed by atoms with van der Waals surface area (Å²) in [6.45, 7) is 0. The number of nitrogens with zero attached hydrogens (tertiary/aromatic N) is 1. The molecule has 0 aromatic heterocycles. The highest BCUT2D eigenvalue weighted by Crippen LogP contribution is 2.21. The Morgan fingerprint density at radius 1 is 1.60 bits per heavy atom. The number of halogens is 1. The van der Waals surface area contributed by atoms with E-state index in [2.05, 4.69) is 0 Å². The summed E-state index contributed by atoms with van der Waals surface area (Å²) in [7, 11) is 0. The minimum Gasteiger partial charge on any atom is -0.478 e. The van der Waals surface area contributed by atoms with E-state index in [0.717, 1.165) is 0 Å². The van der Waals surface area contributed by atoms with Crippen molar-refractivity contribution in [3.8, 4) is 6.07 Å². The van der Waals surface area contributed by atoms with E-state index in [1.165, 1.54) is 6.07 Å². The smallest absolute Gasteiger partial charge is 0.337 e. The van der Waals surface area contributed by atoms with Gasteiger partial charge in [0.15, 0.2) is 0 Å². The van der Waals surface area contributed by atoms with Gasteiger partial charge >= 0.3 is 5.97 Å². The van der Waals surface area contributed by atoms with E-state index >= 15 is 0 Å². The number of hydrogen-bond acceptors (Lipinski definition) is 2. The summed E-state index contributed by atoms with van der Waals surface area (Å²) in [5, 5.41) is 17.4. The van der Waals surface area contributed by atoms with E-state index in [1.807, 2.05) is 6.07 Å². The number of allylic oxidation sites excluding steroid dienone is 1. The Morgan fingerprint density at radius 3 is 2.93 bits per heavy atom. The molecule has 0 heterocycles. The number of carboxylic acids is 1. The van der Waals surface area contributed by atoms with Crippen LogP contribution in [0.25, 0.3) is 6.08 Å². The van der Waals surface area contributed by atoms with Crippen LogP contribution in [0.15, 0.2) is 24.3 Å². The second-order valence-electron chi connectivity index (χ2n) is 2.77. The fourth-order valence-corrected chi connectivity index (χ4v) is 1.41. The molecule has 0 radical (unpaired) electrons. The standard InChI is InChI=1S/C11H8ClNO2/c12-9-6-3-5-8(4-1-2-7-13)10(9)11(14)15/h1,3-6H,2H2,(H,14,15). The fourth-order valence-electron chi connectivity index (χ4n) is 1.14. The maximum Gasteiger partial charge on any atom is 0.337 e. The number of carboxylic acid groups (broad SMARTS) is 1. The first-order valence-corrected chi connectivity index (χ1v) is 4.60. The minimum atomic E-state index is -1.07. The number of carbonyl (C=O) groups is 1. The van der Waals surface area contributed by atoms with Crippen LogP contribution in [0.5, 0.6) is 0 Å². The fraction of sp³-hybridized carbons (Fsp3) is 0.0909. The summed E-state index contributed by atoms with van der Waals surface area (Å²) in [5.74, 6) is -1.07. The predicted molar refractivity (Wildman–Crippen MR) is 57.7 cm³/mol. The van der Waals surface area contributed by atoms with Crippen molar-refractivity contribution < 1.29 is 9.90 Å². The van der Waals surface area contributed by atoms with E-state index in [1.54, 1.807) is 24.3 Å². The van der Waals surface area contributed by atoms with Crippen LogP contribution >= 0.6 is 11.6 Å². The van der Waals surface area contributed by atoms with Crippen molar-refractivity contribution in [3.05, 3.63) is 40.4 Å². The quantitative estimate of drug-likeness (QED) is 0.854. The first-order valence-electron chi connectivity index (χ1n) is 4.22. The number of rotatable bonds is 3. The molecule has 0 saturated carbocycles. The third-order valence-electron chi connectivity index (χ3n) is 1.77. The van der Waals surface area contributed by atoms with Crippen LogP contribution in [-0.4, -0.2) is 11.1 Å². The van der Waals surface area contributed by atoms with Gasteiger partial charge in [0.2, 0.25) is 0 Å². The van der Waals surface area contributed by atoms with Crippen molar-refractivity contribution in [3.63, 3.8) is 0 Å². The first-order chi connectivity index (χ1) is 7.16. The van der Waals surface area contributed by atoms with Gasteiger partial charge in [-0.05, 0) is 11.6 Å². The van der Waals surface area contributed by atoms with E-state index in [4.69, 9.17) is 22.0 Å². The van der Waals surface area contributed by atoms with Crippen LogP contribution in [0.3, 0.4) is 0 Å². The Bertz CT molecular complexity index is 446. The second kappa shape index (κ2) is 5.18. The van der Waals surface area contributed by atoms with Gasteiger partial charge in [-0.25, -0.2) is 4.79 Å². The molecule has 0 saturated heterocycles. The van der Waals surface area contributed by atoms with Gasteiger partial charge in [-0.15, -0.1) is 0 Å². The highest BCUT2D eigenvalue weighted by atomic mass is 35.5. The van der Waals surface area contributed by atoms with E-state index in [9.17, 15) is 4.79 Å². The molecule has 4 heteroatoms. The van der Waals surface area contributed by atoms with Gasteiger partial charge in [0.05, 0.1) is 23.1 Å². The van der Waals surface area contributed by atoms with Crippen LogP contribution in [-0.2, 0) is 0 Å². The Balaban J connectivity index is 3.13. The molecular weight excluding hydrogens is 214 g/mol. The molecular formula is C11H8ClNO2. The lowest BCUT2D eigenvalue weighted by Crippen LogP contribution is -2.00. The SMILES string of the molecule is N#CCC=Cc1cccc(Cl)c1C(=O)O. The molecule has 1 rings (SSSR count). The van der Waals surface area contributed by atoms with E-state index in [-0.39, 0.29) is 17.0 Å². The maximum atomic E-state index is 10.9. The third-order valence-corrected chi connectivity index (χ3v) is 2.08. The van der Waals surface area contributed by atoms with Crippen molar-refractivity contribution >= 4 is 23.6 Å². The zero-order valence-electron chi connectivity index (χ0n) is 7.77. The van der Waals surface area contributed by atoms with Crippen molar-refractivity contribution in [1.29, 1.82) is 5.26 Å². The molecule has 0 fully saturated rings. The van der Waals surface area contributed by atoms with Gasteiger partial charge in [-0.3, -0.25) is 0 Å². The number of hydrogen-bond donors (Lipinski definition) is 1. The average molecular weight is 222 g/mol. The number of benzene rings is 1. The van der Waals surface area contributed by atoms with Crippen LogP contribution < -0.4 is 0 Å². The summed E-state index contributed by atoms with van der Waals surface area (Å²) >= 11 is 5.76. The molecule has 0 aliphatic rings. The Hall–Kier alpha value is -1.79. The van der Waals surface area contributed by atoms with Gasteiger partial charge in [-0.1, -0.05) is 35.9 Å². The molecule has 1 N–H and O–H groups in total. The Morgan fingerprint density at radius 2 is 2.33 bits per heavy atom. The molecule has 1 aromatic carbocycles. The molecule has 0 spiro atoms. The third kappa shape index (κ3) is 2.83. The largest absolute Gasteiger partial charge is 0.478 e. The number of aromatic carboxylic acids is 1. The topological polar surface area (TPSA) is 61.1 Å². The van der Waals surface area contributed by atoms with E-state index in [0.29, 0.717) is 5.56 Å². The summed E-state index contributed by atoms with van der Waals surface area (Å²) in [6, 6.07) is 6.76. The predicted octanol–water partition coefficient (Wildman–Crippen LogP) is 2.97. The van der Waals surface area contributed by atoms with Crippen LogP contribution in [0.2, 0.25) is 5.02 Å². The van der Waals surface area contributed by atoms with Crippen molar-refractivity contribution in [2.75, 3.05) is 0 Å². The van der Waals surface area contributed by atoms with Crippen molar-refractivity contribution in [2.24, 2.45) is 0 Å². The Kier molecular flexibility index (Phi) is 3.90. The average Bonchev–Trinajstić information content (AvgIpc) is 2.17. The first kappa shape index (κ1) is 11.3. The van der Waals surface area contributed by atoms with E-state index < -0.39 is 5.97 Å². The lowest BCUT2D eigenvalue weighted by molar-refractivity contribution is 0.0697. The summed E-state index contributed by atoms with van der Waals surface area (Å²) in [4.78, 5) is 10.9. The normalized spacial score (nSPS) is 10.1. The number of nitriles is 1. The molecule has 0 bridgehead atoms. The second-order valence-corrected chi connectivity index (χ2v) is 3.18. The van der Waals surface area contributed by atoms with Crippen LogP contribution in [0.1, 0.15) is 22.3 Å². The molecule has 76 valence electrons. The lowest BCUT2D eigenvalue weighted by Gasteiger charge is -2.02. The molecule has 0 aliphatic carbocycles. The van der Waals surface area contributed by atoms with Gasteiger partial charge in [0, 0.05) is 0 Å². The maximum absolute atomic E-state index is 10.9. The van der Waals surface area contributed by atoms with Crippen molar-refractivity contribution in [2.45, 2.75) is 6.42 Å². The lowest BCUT2D eigenvalue weighted by atomic mass is 10.1. The van der Waals surface area contributed by atoms with Gasteiger partial charge in [0.1, 0.15) is 0 Å².